The molecule has 2 aliphatic carbocycles. The SMILES string of the molecule is CC1CCC(C(C)C)CC1.CCC1CCC(C(C)C)CC1. The molecule has 0 atom stereocenters. The predicted molar refractivity (Wildman–Crippen MR) is 96.5 cm³/mol. The lowest BCUT2D eigenvalue weighted by atomic mass is 9.76. The molecule has 0 unspecified atom stereocenters. The van der Waals surface area contributed by atoms with Gasteiger partial charge in [0.05, 0.1) is 0 Å². The van der Waals surface area contributed by atoms with E-state index in [4.69, 9.17) is 0 Å². The van der Waals surface area contributed by atoms with Gasteiger partial charge in [0.25, 0.3) is 0 Å². The van der Waals surface area contributed by atoms with Gasteiger partial charge < -0.3 is 0 Å². The molecule has 0 bridgehead atoms. The van der Waals surface area contributed by atoms with Gasteiger partial charge in [0.2, 0.25) is 0 Å². The van der Waals surface area contributed by atoms with Crippen LogP contribution in [0.5, 0.6) is 0 Å². The highest BCUT2D eigenvalue weighted by Gasteiger charge is 2.21. The molecule has 0 heteroatoms. The summed E-state index contributed by atoms with van der Waals surface area (Å²) >= 11 is 0. The standard InChI is InChI=1S/C11H22.C10H20/c1-4-10-5-7-11(8-6-10)9(2)3;1-8(2)10-6-4-9(3)5-7-10/h9-11H,4-8H2,1-3H3;8-10H,4-7H2,1-3H3. The first-order valence-corrected chi connectivity index (χ1v) is 9.93. The molecule has 0 N–H and O–H groups in total. The Morgan fingerprint density at radius 1 is 0.667 bits per heavy atom. The average molecular weight is 295 g/mol. The Kier molecular flexibility index (Phi) is 8.98. The highest BCUT2D eigenvalue weighted by Crippen LogP contribution is 2.34. The molecule has 0 saturated heterocycles. The topological polar surface area (TPSA) is 0 Å². The summed E-state index contributed by atoms with van der Waals surface area (Å²) in [4.78, 5) is 0. The Bertz CT molecular complexity index is 237. The van der Waals surface area contributed by atoms with Crippen molar-refractivity contribution >= 4 is 0 Å². The van der Waals surface area contributed by atoms with E-state index >= 15 is 0 Å². The quantitative estimate of drug-likeness (QED) is 0.511. The Balaban J connectivity index is 0.000000211. The molecule has 0 heterocycles. The highest BCUT2D eigenvalue weighted by molar-refractivity contribution is 4.73. The van der Waals surface area contributed by atoms with Crippen molar-refractivity contribution in [3.05, 3.63) is 0 Å². The molecule has 126 valence electrons. The minimum Gasteiger partial charge on any atom is -0.0651 e. The monoisotopic (exact) mass is 294 g/mol. The molecule has 0 aromatic heterocycles. The van der Waals surface area contributed by atoms with Gasteiger partial charge in [0.1, 0.15) is 0 Å². The molecule has 0 aliphatic heterocycles. The molecule has 2 rings (SSSR count). The lowest BCUT2D eigenvalue weighted by Crippen LogP contribution is -2.17. The van der Waals surface area contributed by atoms with Gasteiger partial charge in [-0.1, -0.05) is 73.6 Å². The second-order valence-electron chi connectivity index (χ2n) is 8.70. The summed E-state index contributed by atoms with van der Waals surface area (Å²) in [5.41, 5.74) is 0. The maximum atomic E-state index is 2.39. The van der Waals surface area contributed by atoms with Crippen molar-refractivity contribution in [2.24, 2.45) is 35.5 Å². The largest absolute Gasteiger partial charge is 0.0651 e. The van der Waals surface area contributed by atoms with E-state index in [1.54, 1.807) is 0 Å². The molecular formula is C21H42. The Morgan fingerprint density at radius 2 is 1.05 bits per heavy atom. The van der Waals surface area contributed by atoms with E-state index < -0.39 is 0 Å². The first-order chi connectivity index (χ1) is 9.93. The van der Waals surface area contributed by atoms with Gasteiger partial charge in [-0.05, 0) is 61.2 Å². The zero-order chi connectivity index (χ0) is 15.8. The van der Waals surface area contributed by atoms with E-state index in [0.29, 0.717) is 0 Å². The number of hydrogen-bond acceptors (Lipinski definition) is 0. The Labute approximate surface area is 135 Å². The predicted octanol–water partition coefficient (Wildman–Crippen LogP) is 7.33. The number of hydrogen-bond donors (Lipinski definition) is 0. The molecule has 2 aliphatic rings. The van der Waals surface area contributed by atoms with E-state index in [2.05, 4.69) is 41.5 Å². The van der Waals surface area contributed by atoms with Crippen LogP contribution in [0.25, 0.3) is 0 Å². The lowest BCUT2D eigenvalue weighted by molar-refractivity contribution is 0.221. The summed E-state index contributed by atoms with van der Waals surface area (Å²) in [6.07, 6.45) is 13.3. The summed E-state index contributed by atoms with van der Waals surface area (Å²) in [5.74, 6) is 5.99. The van der Waals surface area contributed by atoms with Gasteiger partial charge in [-0.25, -0.2) is 0 Å². The highest BCUT2D eigenvalue weighted by atomic mass is 14.3. The lowest BCUT2D eigenvalue weighted by Gasteiger charge is -2.30. The van der Waals surface area contributed by atoms with Crippen LogP contribution in [0.15, 0.2) is 0 Å². The summed E-state index contributed by atoms with van der Waals surface area (Å²) in [7, 11) is 0. The van der Waals surface area contributed by atoms with Crippen LogP contribution in [0, 0.1) is 35.5 Å². The van der Waals surface area contributed by atoms with Crippen molar-refractivity contribution in [1.82, 2.24) is 0 Å². The van der Waals surface area contributed by atoms with Crippen LogP contribution < -0.4 is 0 Å². The molecule has 0 aromatic carbocycles. The first kappa shape index (κ1) is 19.0. The minimum absolute atomic E-state index is 0.924. The van der Waals surface area contributed by atoms with Crippen molar-refractivity contribution in [2.45, 2.75) is 99.3 Å². The molecule has 2 fully saturated rings. The van der Waals surface area contributed by atoms with Crippen LogP contribution in [0.2, 0.25) is 0 Å². The summed E-state index contributed by atoms with van der Waals surface area (Å²) < 4.78 is 0. The molecule has 0 amide bonds. The molecule has 2 saturated carbocycles. The fourth-order valence-corrected chi connectivity index (χ4v) is 4.22. The van der Waals surface area contributed by atoms with Gasteiger partial charge in [-0.3, -0.25) is 0 Å². The minimum atomic E-state index is 0.924. The molecule has 0 spiro atoms. The zero-order valence-corrected chi connectivity index (χ0v) is 15.8. The summed E-state index contributed by atoms with van der Waals surface area (Å²) in [6, 6.07) is 0. The third kappa shape index (κ3) is 7.20. The molecule has 21 heavy (non-hydrogen) atoms. The second kappa shape index (κ2) is 9.90. The number of rotatable bonds is 3. The van der Waals surface area contributed by atoms with Gasteiger partial charge in [-0.15, -0.1) is 0 Å². The zero-order valence-electron chi connectivity index (χ0n) is 15.8. The van der Waals surface area contributed by atoms with Crippen LogP contribution in [0.1, 0.15) is 99.3 Å². The van der Waals surface area contributed by atoms with Crippen molar-refractivity contribution in [2.75, 3.05) is 0 Å². The molecular weight excluding hydrogens is 252 g/mol. The van der Waals surface area contributed by atoms with Crippen molar-refractivity contribution in [3.63, 3.8) is 0 Å². The van der Waals surface area contributed by atoms with Gasteiger partial charge >= 0.3 is 0 Å². The second-order valence-corrected chi connectivity index (χ2v) is 8.70. The van der Waals surface area contributed by atoms with Gasteiger partial charge in [-0.2, -0.15) is 0 Å². The van der Waals surface area contributed by atoms with Crippen LogP contribution in [0.3, 0.4) is 0 Å². The third-order valence-electron chi connectivity index (χ3n) is 6.41. The maximum Gasteiger partial charge on any atom is -0.0391 e. The van der Waals surface area contributed by atoms with E-state index in [-0.39, 0.29) is 0 Å². The van der Waals surface area contributed by atoms with Gasteiger partial charge in [0.15, 0.2) is 0 Å². The van der Waals surface area contributed by atoms with Crippen LogP contribution in [-0.4, -0.2) is 0 Å². The average Bonchev–Trinajstić information content (AvgIpc) is 2.48. The van der Waals surface area contributed by atoms with Crippen LogP contribution in [-0.2, 0) is 0 Å². The Morgan fingerprint density at radius 3 is 1.38 bits per heavy atom. The molecule has 0 nitrogen and oxygen atoms in total. The summed E-state index contributed by atoms with van der Waals surface area (Å²) in [6.45, 7) is 14.2. The van der Waals surface area contributed by atoms with E-state index in [1.807, 2.05) is 0 Å². The van der Waals surface area contributed by atoms with Crippen LogP contribution in [0.4, 0.5) is 0 Å². The van der Waals surface area contributed by atoms with Crippen molar-refractivity contribution < 1.29 is 0 Å². The van der Waals surface area contributed by atoms with E-state index in [9.17, 15) is 0 Å². The van der Waals surface area contributed by atoms with E-state index in [1.165, 1.54) is 57.8 Å². The summed E-state index contributed by atoms with van der Waals surface area (Å²) in [5, 5.41) is 0. The third-order valence-corrected chi connectivity index (χ3v) is 6.41. The smallest absolute Gasteiger partial charge is 0.0391 e. The normalized spacial score (nSPS) is 33.7. The van der Waals surface area contributed by atoms with Gasteiger partial charge in [0, 0.05) is 0 Å². The fraction of sp³-hybridized carbons (Fsp3) is 1.00. The van der Waals surface area contributed by atoms with E-state index in [0.717, 1.165) is 35.5 Å². The van der Waals surface area contributed by atoms with Crippen molar-refractivity contribution in [3.8, 4) is 0 Å². The van der Waals surface area contributed by atoms with Crippen molar-refractivity contribution in [1.29, 1.82) is 0 Å². The molecule has 0 aromatic rings. The first-order valence-electron chi connectivity index (χ1n) is 9.93. The molecule has 0 radical (unpaired) electrons. The fourth-order valence-electron chi connectivity index (χ4n) is 4.22. The Hall–Kier alpha value is 0. The maximum absolute atomic E-state index is 2.39. The van der Waals surface area contributed by atoms with Crippen LogP contribution >= 0.6 is 0 Å².